The molecule has 6 nitrogen and oxygen atoms in total. The lowest BCUT2D eigenvalue weighted by atomic mass is 10.1. The zero-order valence-electron chi connectivity index (χ0n) is 11.9. The summed E-state index contributed by atoms with van der Waals surface area (Å²) in [6.07, 6.45) is 0. The first-order chi connectivity index (χ1) is 10.4. The minimum atomic E-state index is -1.26. The van der Waals surface area contributed by atoms with Crippen LogP contribution in [0.1, 0.15) is 18.1 Å². The van der Waals surface area contributed by atoms with Gasteiger partial charge in [-0.3, -0.25) is 4.79 Å². The number of nitrogens with one attached hydrogen (secondary N) is 1. The van der Waals surface area contributed by atoms with Crippen LogP contribution in [0.25, 0.3) is 11.3 Å². The lowest BCUT2D eigenvalue weighted by molar-refractivity contribution is -0.304. The van der Waals surface area contributed by atoms with Gasteiger partial charge in [0.1, 0.15) is 11.6 Å². The third-order valence-corrected chi connectivity index (χ3v) is 3.92. The number of nitriles is 1. The summed E-state index contributed by atoms with van der Waals surface area (Å²) >= 11 is 0.859. The fourth-order valence-corrected chi connectivity index (χ4v) is 2.47. The van der Waals surface area contributed by atoms with Crippen molar-refractivity contribution in [3.05, 3.63) is 45.7 Å². The Morgan fingerprint density at radius 1 is 1.41 bits per heavy atom. The fourth-order valence-electron chi connectivity index (χ4n) is 1.75. The number of carbonyl (C=O) groups excluding carboxylic acids is 1. The minimum Gasteiger partial charge on any atom is -0.549 e. The number of rotatable bonds is 4. The number of hydrogen-bond acceptors (Lipinski definition) is 6. The number of thioether (sulfide) groups is 1. The lowest BCUT2D eigenvalue weighted by Crippen LogP contribution is -2.31. The summed E-state index contributed by atoms with van der Waals surface area (Å²) in [5.41, 5.74) is 1.19. The first kappa shape index (κ1) is 15.8. The molecule has 22 heavy (non-hydrogen) atoms. The minimum absolute atomic E-state index is 0.102. The van der Waals surface area contributed by atoms with Crippen LogP contribution in [0.15, 0.2) is 34.2 Å². The van der Waals surface area contributed by atoms with Crippen LogP contribution in [0.3, 0.4) is 0 Å². The van der Waals surface area contributed by atoms with Crippen LogP contribution in [-0.4, -0.2) is 21.2 Å². The van der Waals surface area contributed by atoms with Gasteiger partial charge in [-0.15, -0.1) is 0 Å². The van der Waals surface area contributed by atoms with Gasteiger partial charge in [-0.05, 0) is 13.8 Å². The van der Waals surface area contributed by atoms with Gasteiger partial charge >= 0.3 is 0 Å². The maximum atomic E-state index is 12.0. The molecule has 1 heterocycles. The molecule has 0 aliphatic carbocycles. The van der Waals surface area contributed by atoms with E-state index in [1.54, 1.807) is 12.1 Å². The monoisotopic (exact) mass is 314 g/mol. The molecular formula is C15H12N3O3S-. The Kier molecular flexibility index (Phi) is 4.63. The smallest absolute Gasteiger partial charge is 0.270 e. The average Bonchev–Trinajstić information content (AvgIpc) is 2.47. The molecule has 0 amide bonds. The number of H-pyrrole nitrogens is 1. The molecule has 0 spiro atoms. The van der Waals surface area contributed by atoms with E-state index in [0.29, 0.717) is 5.56 Å². The van der Waals surface area contributed by atoms with Crippen molar-refractivity contribution in [2.75, 3.05) is 0 Å². The molecule has 1 aromatic carbocycles. The summed E-state index contributed by atoms with van der Waals surface area (Å²) in [6, 6.07) is 9.04. The van der Waals surface area contributed by atoms with Gasteiger partial charge in [0.2, 0.25) is 0 Å². The molecule has 7 heteroatoms. The van der Waals surface area contributed by atoms with E-state index in [2.05, 4.69) is 9.97 Å². The van der Waals surface area contributed by atoms with Crippen LogP contribution < -0.4 is 10.7 Å². The van der Waals surface area contributed by atoms with E-state index in [1.807, 2.05) is 25.1 Å². The first-order valence-corrected chi connectivity index (χ1v) is 7.29. The maximum Gasteiger partial charge on any atom is 0.270 e. The number of benzene rings is 1. The number of aromatic nitrogens is 2. The molecule has 0 saturated carbocycles. The molecule has 0 aliphatic heterocycles. The Hall–Kier alpha value is -2.59. The highest BCUT2D eigenvalue weighted by Crippen LogP contribution is 2.24. The van der Waals surface area contributed by atoms with Gasteiger partial charge < -0.3 is 14.9 Å². The maximum absolute atomic E-state index is 12.0. The van der Waals surface area contributed by atoms with Crippen molar-refractivity contribution in [1.82, 2.24) is 9.97 Å². The van der Waals surface area contributed by atoms with Crippen LogP contribution >= 0.6 is 11.8 Å². The van der Waals surface area contributed by atoms with Crippen LogP contribution in [0, 0.1) is 18.3 Å². The third-order valence-electron chi connectivity index (χ3n) is 2.95. The lowest BCUT2D eigenvalue weighted by Gasteiger charge is -2.12. The number of nitrogens with zero attached hydrogens (tertiary/aromatic N) is 2. The fraction of sp³-hybridized carbons (Fsp3) is 0.200. The van der Waals surface area contributed by atoms with Gasteiger partial charge in [0.25, 0.3) is 5.56 Å². The second-order valence-corrected chi connectivity index (χ2v) is 5.98. The molecule has 2 aromatic rings. The predicted octanol–water partition coefficient (Wildman–Crippen LogP) is 0.847. The van der Waals surface area contributed by atoms with E-state index in [1.165, 1.54) is 6.92 Å². The van der Waals surface area contributed by atoms with Gasteiger partial charge in [-0.25, -0.2) is 4.98 Å². The Morgan fingerprint density at radius 3 is 2.59 bits per heavy atom. The van der Waals surface area contributed by atoms with Gasteiger partial charge in [-0.1, -0.05) is 41.6 Å². The van der Waals surface area contributed by atoms with Gasteiger partial charge in [0, 0.05) is 10.8 Å². The Labute approximate surface area is 130 Å². The number of hydrogen-bond donors (Lipinski definition) is 1. The molecule has 0 unspecified atom stereocenters. The highest BCUT2D eigenvalue weighted by molar-refractivity contribution is 8.00. The second-order valence-electron chi connectivity index (χ2n) is 4.65. The molecule has 0 fully saturated rings. The number of carboxylic acid groups (broad SMARTS) is 1. The number of aromatic amines is 1. The van der Waals surface area contributed by atoms with Crippen LogP contribution in [0.4, 0.5) is 0 Å². The van der Waals surface area contributed by atoms with E-state index in [4.69, 9.17) is 5.26 Å². The molecule has 1 N–H and O–H groups in total. The zero-order chi connectivity index (χ0) is 16.3. The normalized spacial score (nSPS) is 11.7. The zero-order valence-corrected chi connectivity index (χ0v) is 12.7. The number of carboxylic acids is 1. The Balaban J connectivity index is 2.54. The van der Waals surface area contributed by atoms with Gasteiger partial charge in [0.05, 0.1) is 11.7 Å². The van der Waals surface area contributed by atoms with Crippen molar-refractivity contribution >= 4 is 17.7 Å². The largest absolute Gasteiger partial charge is 0.549 e. The molecule has 112 valence electrons. The van der Waals surface area contributed by atoms with Crippen molar-refractivity contribution in [1.29, 1.82) is 5.26 Å². The van der Waals surface area contributed by atoms with E-state index in [0.717, 1.165) is 17.3 Å². The molecule has 2 rings (SSSR count). The van der Waals surface area contributed by atoms with Gasteiger partial charge in [-0.2, -0.15) is 5.26 Å². The Morgan fingerprint density at radius 2 is 2.05 bits per heavy atom. The summed E-state index contributed by atoms with van der Waals surface area (Å²) in [4.78, 5) is 29.4. The molecule has 0 saturated heterocycles. The first-order valence-electron chi connectivity index (χ1n) is 6.41. The molecular weight excluding hydrogens is 302 g/mol. The molecule has 0 bridgehead atoms. The number of aliphatic carboxylic acids is 1. The molecule has 0 radical (unpaired) electrons. The van der Waals surface area contributed by atoms with Crippen molar-refractivity contribution < 1.29 is 9.90 Å². The molecule has 1 aromatic heterocycles. The van der Waals surface area contributed by atoms with Gasteiger partial charge in [0.15, 0.2) is 5.16 Å². The van der Waals surface area contributed by atoms with Crippen molar-refractivity contribution in [3.8, 4) is 17.3 Å². The highest BCUT2D eigenvalue weighted by atomic mass is 32.2. The van der Waals surface area contributed by atoms with E-state index in [-0.39, 0.29) is 16.4 Å². The topological polar surface area (TPSA) is 110 Å². The van der Waals surface area contributed by atoms with E-state index in [9.17, 15) is 14.7 Å². The standard InChI is InChI=1S/C15H13N3O3S/c1-8-3-5-10(6-4-8)12-11(7-16)13(19)18-15(17-12)22-9(2)14(20)21/h3-6,9H,1-2H3,(H,20,21)(H,17,18,19)/p-1/t9-/m0/s1. The average molecular weight is 314 g/mol. The van der Waals surface area contributed by atoms with E-state index >= 15 is 0 Å². The Bertz CT molecular complexity index is 806. The van der Waals surface area contributed by atoms with Crippen LogP contribution in [-0.2, 0) is 4.79 Å². The summed E-state index contributed by atoms with van der Waals surface area (Å²) in [7, 11) is 0. The van der Waals surface area contributed by atoms with Crippen molar-refractivity contribution in [3.63, 3.8) is 0 Å². The van der Waals surface area contributed by atoms with Crippen LogP contribution in [0.2, 0.25) is 0 Å². The predicted molar refractivity (Wildman–Crippen MR) is 80.1 cm³/mol. The quantitative estimate of drug-likeness (QED) is 0.661. The number of aryl methyl sites for hydroxylation is 1. The van der Waals surface area contributed by atoms with Crippen molar-refractivity contribution in [2.24, 2.45) is 0 Å². The van der Waals surface area contributed by atoms with E-state index < -0.39 is 16.8 Å². The third kappa shape index (κ3) is 3.35. The summed E-state index contributed by atoms with van der Waals surface area (Å²) < 4.78 is 0. The second kappa shape index (κ2) is 6.45. The molecule has 1 atom stereocenters. The highest BCUT2D eigenvalue weighted by Gasteiger charge is 2.15. The summed E-state index contributed by atoms with van der Waals surface area (Å²) in [5, 5.41) is 19.2. The SMILES string of the molecule is Cc1ccc(-c2nc(S[C@@H](C)C(=O)[O-])[nH]c(=O)c2C#N)cc1. The van der Waals surface area contributed by atoms with Crippen LogP contribution in [0.5, 0.6) is 0 Å². The number of carbonyl (C=O) groups is 1. The summed E-state index contributed by atoms with van der Waals surface area (Å²) in [6.45, 7) is 3.35. The van der Waals surface area contributed by atoms with Crippen molar-refractivity contribution in [2.45, 2.75) is 24.3 Å². The summed E-state index contributed by atoms with van der Waals surface area (Å²) in [5.74, 6) is -1.26. The molecule has 0 aliphatic rings.